The first-order chi connectivity index (χ1) is 13.0. The minimum Gasteiger partial charge on any atom is -0.496 e. The molecule has 0 aliphatic heterocycles. The number of nitrogens with one attached hydrogen (secondary N) is 1. The van der Waals surface area contributed by atoms with Gasteiger partial charge in [0.2, 0.25) is 5.91 Å². The summed E-state index contributed by atoms with van der Waals surface area (Å²) in [4.78, 5) is 12.2. The van der Waals surface area contributed by atoms with Gasteiger partial charge in [0.05, 0.1) is 18.5 Å². The number of rotatable bonds is 5. The van der Waals surface area contributed by atoms with Gasteiger partial charge in [0, 0.05) is 16.1 Å². The predicted octanol–water partition coefficient (Wildman–Crippen LogP) is 3.53. The number of hydrogen-bond acceptors (Lipinski definition) is 5. The maximum absolute atomic E-state index is 14.1. The van der Waals surface area contributed by atoms with Gasteiger partial charge in [-0.25, -0.2) is 4.39 Å². The number of methoxy groups -OCH3 is 1. The SMILES string of the molecule is COc1ccc(Br)cc1/C=C/C(=O)Nc1cc(-n2nnnc2C)ccc1F. The molecule has 2 aromatic carbocycles. The molecule has 1 N–H and O–H groups in total. The van der Waals surface area contributed by atoms with Crippen molar-refractivity contribution in [2.75, 3.05) is 12.4 Å². The van der Waals surface area contributed by atoms with E-state index in [1.54, 1.807) is 26.2 Å². The van der Waals surface area contributed by atoms with E-state index in [4.69, 9.17) is 4.74 Å². The number of anilines is 1. The van der Waals surface area contributed by atoms with Gasteiger partial charge in [0.25, 0.3) is 0 Å². The number of aromatic nitrogens is 4. The largest absolute Gasteiger partial charge is 0.496 e. The monoisotopic (exact) mass is 431 g/mol. The Balaban J connectivity index is 1.80. The van der Waals surface area contributed by atoms with E-state index in [0.29, 0.717) is 22.8 Å². The zero-order valence-corrected chi connectivity index (χ0v) is 16.1. The molecule has 1 heterocycles. The van der Waals surface area contributed by atoms with Gasteiger partial charge in [-0.15, -0.1) is 5.10 Å². The molecule has 138 valence electrons. The van der Waals surface area contributed by atoms with Gasteiger partial charge in [0.15, 0.2) is 5.82 Å². The van der Waals surface area contributed by atoms with E-state index in [9.17, 15) is 9.18 Å². The quantitative estimate of drug-likeness (QED) is 0.624. The number of benzene rings is 2. The van der Waals surface area contributed by atoms with Gasteiger partial charge >= 0.3 is 0 Å². The van der Waals surface area contributed by atoms with Crippen molar-refractivity contribution in [3.05, 3.63) is 64.2 Å². The lowest BCUT2D eigenvalue weighted by Gasteiger charge is -2.08. The smallest absolute Gasteiger partial charge is 0.248 e. The van der Waals surface area contributed by atoms with Crippen LogP contribution in [0.25, 0.3) is 11.8 Å². The summed E-state index contributed by atoms with van der Waals surface area (Å²) in [6, 6.07) is 9.65. The van der Waals surface area contributed by atoms with Crippen LogP contribution in [0.3, 0.4) is 0 Å². The molecule has 3 aromatic rings. The van der Waals surface area contributed by atoms with E-state index in [1.165, 1.54) is 29.0 Å². The van der Waals surface area contributed by atoms with E-state index in [1.807, 2.05) is 12.1 Å². The molecular weight excluding hydrogens is 417 g/mol. The molecule has 7 nitrogen and oxygen atoms in total. The number of tetrazole rings is 1. The number of hydrogen-bond donors (Lipinski definition) is 1. The second-order valence-electron chi connectivity index (χ2n) is 5.51. The van der Waals surface area contributed by atoms with Crippen molar-refractivity contribution in [2.24, 2.45) is 0 Å². The Morgan fingerprint density at radius 2 is 2.11 bits per heavy atom. The number of carbonyl (C=O) groups excluding carboxylic acids is 1. The van der Waals surface area contributed by atoms with Gasteiger partial charge in [-0.1, -0.05) is 15.9 Å². The van der Waals surface area contributed by atoms with Crippen LogP contribution in [-0.4, -0.2) is 33.2 Å². The number of ether oxygens (including phenoxy) is 1. The number of amides is 1. The van der Waals surface area contributed by atoms with Crippen LogP contribution in [0, 0.1) is 12.7 Å². The lowest BCUT2D eigenvalue weighted by molar-refractivity contribution is -0.111. The molecule has 0 bridgehead atoms. The summed E-state index contributed by atoms with van der Waals surface area (Å²) in [5.74, 6) is 0.109. The maximum Gasteiger partial charge on any atom is 0.248 e. The van der Waals surface area contributed by atoms with Crippen molar-refractivity contribution >= 4 is 33.6 Å². The fourth-order valence-corrected chi connectivity index (χ4v) is 2.77. The van der Waals surface area contributed by atoms with Crippen molar-refractivity contribution in [2.45, 2.75) is 6.92 Å². The zero-order chi connectivity index (χ0) is 19.4. The Kier molecular flexibility index (Phi) is 5.60. The fraction of sp³-hybridized carbons (Fsp3) is 0.111. The molecule has 27 heavy (non-hydrogen) atoms. The summed E-state index contributed by atoms with van der Waals surface area (Å²) in [6.07, 6.45) is 2.89. The highest BCUT2D eigenvalue weighted by molar-refractivity contribution is 9.10. The predicted molar refractivity (Wildman–Crippen MR) is 102 cm³/mol. The van der Waals surface area contributed by atoms with E-state index in [2.05, 4.69) is 36.8 Å². The normalized spacial score (nSPS) is 11.0. The first kappa shape index (κ1) is 18.7. The maximum atomic E-state index is 14.1. The van der Waals surface area contributed by atoms with Crippen LogP contribution in [0.15, 0.2) is 46.9 Å². The van der Waals surface area contributed by atoms with Crippen molar-refractivity contribution in [3.8, 4) is 11.4 Å². The lowest BCUT2D eigenvalue weighted by atomic mass is 10.2. The number of nitrogens with zero attached hydrogens (tertiary/aromatic N) is 4. The van der Waals surface area contributed by atoms with Crippen LogP contribution in [0.4, 0.5) is 10.1 Å². The molecular formula is C18H15BrFN5O2. The molecule has 0 fully saturated rings. The van der Waals surface area contributed by atoms with Crippen LogP contribution >= 0.6 is 15.9 Å². The van der Waals surface area contributed by atoms with Gasteiger partial charge in [-0.2, -0.15) is 4.68 Å². The molecule has 0 unspecified atom stereocenters. The molecule has 1 aromatic heterocycles. The topological polar surface area (TPSA) is 81.9 Å². The van der Waals surface area contributed by atoms with Crippen LogP contribution < -0.4 is 10.1 Å². The Hall–Kier alpha value is -3.07. The van der Waals surface area contributed by atoms with Crippen molar-refractivity contribution in [1.29, 1.82) is 0 Å². The van der Waals surface area contributed by atoms with Crippen LogP contribution in [-0.2, 0) is 4.79 Å². The Labute approximate surface area is 163 Å². The number of aryl methyl sites for hydroxylation is 1. The van der Waals surface area contributed by atoms with Gasteiger partial charge in [0.1, 0.15) is 11.6 Å². The second kappa shape index (κ2) is 8.09. The number of carbonyl (C=O) groups is 1. The van der Waals surface area contributed by atoms with Crippen LogP contribution in [0.2, 0.25) is 0 Å². The summed E-state index contributed by atoms with van der Waals surface area (Å²) in [5.41, 5.74) is 1.27. The molecule has 0 spiro atoms. The summed E-state index contributed by atoms with van der Waals surface area (Å²) in [7, 11) is 1.54. The average molecular weight is 432 g/mol. The van der Waals surface area contributed by atoms with Crippen molar-refractivity contribution in [1.82, 2.24) is 20.2 Å². The minimum absolute atomic E-state index is 0.0262. The van der Waals surface area contributed by atoms with Crippen molar-refractivity contribution in [3.63, 3.8) is 0 Å². The first-order valence-electron chi connectivity index (χ1n) is 7.85. The lowest BCUT2D eigenvalue weighted by Crippen LogP contribution is -2.10. The third-order valence-corrected chi connectivity index (χ3v) is 4.18. The van der Waals surface area contributed by atoms with Crippen molar-refractivity contribution < 1.29 is 13.9 Å². The molecule has 0 atom stereocenters. The molecule has 0 saturated heterocycles. The molecule has 0 saturated carbocycles. The minimum atomic E-state index is -0.564. The van der Waals surface area contributed by atoms with Gasteiger partial charge in [-0.05, 0) is 59.8 Å². The van der Waals surface area contributed by atoms with E-state index < -0.39 is 11.7 Å². The fourth-order valence-electron chi connectivity index (χ4n) is 2.39. The van der Waals surface area contributed by atoms with Gasteiger partial charge in [-0.3, -0.25) is 4.79 Å². The summed E-state index contributed by atoms with van der Waals surface area (Å²) >= 11 is 3.37. The summed E-state index contributed by atoms with van der Waals surface area (Å²) in [5, 5.41) is 13.7. The molecule has 0 aliphatic carbocycles. The molecule has 3 rings (SSSR count). The zero-order valence-electron chi connectivity index (χ0n) is 14.5. The summed E-state index contributed by atoms with van der Waals surface area (Å²) < 4.78 is 21.6. The number of halogens is 2. The average Bonchev–Trinajstić information content (AvgIpc) is 3.08. The highest BCUT2D eigenvalue weighted by Crippen LogP contribution is 2.24. The third-order valence-electron chi connectivity index (χ3n) is 3.68. The second-order valence-corrected chi connectivity index (χ2v) is 6.43. The first-order valence-corrected chi connectivity index (χ1v) is 8.65. The highest BCUT2D eigenvalue weighted by atomic mass is 79.9. The standard InChI is InChI=1S/C18H15BrFN5O2/c1-11-22-23-24-25(11)14-5-6-15(20)16(10-14)21-18(26)8-3-12-9-13(19)4-7-17(12)27-2/h3-10H,1-2H3,(H,21,26)/b8-3+. The Bertz CT molecular complexity index is 1020. The van der Waals surface area contributed by atoms with Crippen LogP contribution in [0.1, 0.15) is 11.4 Å². The Morgan fingerprint density at radius 1 is 1.30 bits per heavy atom. The van der Waals surface area contributed by atoms with E-state index in [0.717, 1.165) is 4.47 Å². The Morgan fingerprint density at radius 3 is 2.81 bits per heavy atom. The summed E-state index contributed by atoms with van der Waals surface area (Å²) in [6.45, 7) is 1.72. The molecule has 9 heteroatoms. The molecule has 1 amide bonds. The highest BCUT2D eigenvalue weighted by Gasteiger charge is 2.10. The van der Waals surface area contributed by atoms with E-state index in [-0.39, 0.29) is 5.69 Å². The van der Waals surface area contributed by atoms with Crippen LogP contribution in [0.5, 0.6) is 5.75 Å². The molecule has 0 aliphatic rings. The third kappa shape index (κ3) is 4.37. The van der Waals surface area contributed by atoms with Gasteiger partial charge < -0.3 is 10.1 Å². The van der Waals surface area contributed by atoms with E-state index >= 15 is 0 Å². The molecule has 0 radical (unpaired) electrons.